The molecule has 1 aliphatic rings. The number of rotatable bonds is 5. The number of ether oxygens (including phenoxy) is 1. The summed E-state index contributed by atoms with van der Waals surface area (Å²) < 4.78 is 5.23. The fourth-order valence-electron chi connectivity index (χ4n) is 1.79. The summed E-state index contributed by atoms with van der Waals surface area (Å²) in [7, 11) is 0. The normalized spacial score (nSPS) is 16.4. The third kappa shape index (κ3) is 4.62. The number of amides is 1. The highest BCUT2D eigenvalue weighted by atomic mass is 16.6. The summed E-state index contributed by atoms with van der Waals surface area (Å²) >= 11 is 0. The zero-order valence-corrected chi connectivity index (χ0v) is 12.6. The minimum Gasteiger partial charge on any atom is -0.444 e. The first-order chi connectivity index (χ1) is 9.67. The van der Waals surface area contributed by atoms with Crippen LogP contribution in [0.15, 0.2) is 36.7 Å². The molecule has 1 fully saturated rings. The van der Waals surface area contributed by atoms with Gasteiger partial charge in [-0.2, -0.15) is 0 Å². The van der Waals surface area contributed by atoms with E-state index in [1.54, 1.807) is 20.8 Å². The maximum atomic E-state index is 11.8. The highest BCUT2D eigenvalue weighted by Crippen LogP contribution is 2.17. The molecular weight excluding hydrogens is 274 g/mol. The first kappa shape index (κ1) is 16.7. The van der Waals surface area contributed by atoms with Gasteiger partial charge < -0.3 is 15.0 Å². The molecular formula is C14H21N3O4. The summed E-state index contributed by atoms with van der Waals surface area (Å²) in [5, 5.41) is 13.8. The van der Waals surface area contributed by atoms with E-state index >= 15 is 0 Å². The molecule has 1 heterocycles. The van der Waals surface area contributed by atoms with Crippen LogP contribution in [0.5, 0.6) is 0 Å². The van der Waals surface area contributed by atoms with Crippen LogP contribution >= 0.6 is 0 Å². The van der Waals surface area contributed by atoms with Gasteiger partial charge in [-0.3, -0.25) is 10.1 Å². The fraction of sp³-hybridized carbons (Fsp3) is 0.500. The molecule has 1 amide bonds. The van der Waals surface area contributed by atoms with Crippen molar-refractivity contribution in [3.05, 3.63) is 46.8 Å². The van der Waals surface area contributed by atoms with E-state index in [9.17, 15) is 14.9 Å². The summed E-state index contributed by atoms with van der Waals surface area (Å²) in [4.78, 5) is 23.6. The first-order valence-corrected chi connectivity index (χ1v) is 6.56. The van der Waals surface area contributed by atoms with Gasteiger partial charge in [0.1, 0.15) is 11.3 Å². The van der Waals surface area contributed by atoms with E-state index in [1.807, 2.05) is 0 Å². The van der Waals surface area contributed by atoms with Crippen LogP contribution in [0.25, 0.3) is 0 Å². The predicted octanol–water partition coefficient (Wildman–Crippen LogP) is 2.06. The van der Waals surface area contributed by atoms with Crippen molar-refractivity contribution in [2.75, 3.05) is 13.1 Å². The summed E-state index contributed by atoms with van der Waals surface area (Å²) in [5.41, 5.74) is -0.381. The Morgan fingerprint density at radius 3 is 2.33 bits per heavy atom. The predicted molar refractivity (Wildman–Crippen MR) is 79.1 cm³/mol. The Hall–Kier alpha value is -2.31. The molecule has 0 radical (unpaired) electrons. The van der Waals surface area contributed by atoms with Crippen LogP contribution in [0.3, 0.4) is 0 Å². The summed E-state index contributed by atoms with van der Waals surface area (Å²) in [6, 6.07) is -0.0691. The van der Waals surface area contributed by atoms with Gasteiger partial charge in [-0.15, -0.1) is 0 Å². The van der Waals surface area contributed by atoms with Crippen molar-refractivity contribution in [2.45, 2.75) is 32.4 Å². The van der Waals surface area contributed by atoms with Gasteiger partial charge >= 0.3 is 6.09 Å². The Labute approximate surface area is 124 Å². The summed E-state index contributed by atoms with van der Waals surface area (Å²) in [6.07, 6.45) is 2.15. The second kappa shape index (κ2) is 6.43. The topological polar surface area (TPSA) is 84.7 Å². The molecule has 116 valence electrons. The van der Waals surface area contributed by atoms with E-state index in [4.69, 9.17) is 4.74 Å². The number of nitrogens with zero attached hydrogens (tertiary/aromatic N) is 2. The molecule has 0 saturated carbocycles. The Kier molecular flexibility index (Phi) is 5.12. The molecule has 0 aliphatic carbocycles. The van der Waals surface area contributed by atoms with Gasteiger partial charge in [0, 0.05) is 19.2 Å². The van der Waals surface area contributed by atoms with Gasteiger partial charge in [-0.25, -0.2) is 4.79 Å². The lowest BCUT2D eigenvalue weighted by Gasteiger charge is -2.40. The van der Waals surface area contributed by atoms with Gasteiger partial charge in [-0.1, -0.05) is 13.2 Å². The zero-order valence-electron chi connectivity index (χ0n) is 12.6. The van der Waals surface area contributed by atoms with Gasteiger partial charge in [0.2, 0.25) is 0 Å². The summed E-state index contributed by atoms with van der Waals surface area (Å²) in [5.74, 6) is 0. The van der Waals surface area contributed by atoms with E-state index in [-0.39, 0.29) is 17.8 Å². The van der Waals surface area contributed by atoms with Crippen LogP contribution < -0.4 is 5.32 Å². The minimum absolute atomic E-state index is 0.0691. The lowest BCUT2D eigenvalue weighted by atomic mass is 10.1. The van der Waals surface area contributed by atoms with Crippen molar-refractivity contribution in [3.63, 3.8) is 0 Å². The Morgan fingerprint density at radius 1 is 1.38 bits per heavy atom. The lowest BCUT2D eigenvalue weighted by molar-refractivity contribution is -0.420. The van der Waals surface area contributed by atoms with E-state index in [1.165, 1.54) is 11.0 Å². The van der Waals surface area contributed by atoms with Crippen molar-refractivity contribution in [3.8, 4) is 0 Å². The highest BCUT2D eigenvalue weighted by Gasteiger charge is 2.34. The number of carbonyl (C=O) groups excluding carboxylic acids is 1. The van der Waals surface area contributed by atoms with Crippen LogP contribution in [0.2, 0.25) is 0 Å². The molecule has 0 bridgehead atoms. The van der Waals surface area contributed by atoms with E-state index in [2.05, 4.69) is 18.5 Å². The van der Waals surface area contributed by atoms with Crippen molar-refractivity contribution in [2.24, 2.45) is 0 Å². The molecule has 1 aliphatic heterocycles. The molecule has 7 heteroatoms. The number of allylic oxidation sites excluding steroid dienone is 2. The summed E-state index contributed by atoms with van der Waals surface area (Å²) in [6.45, 7) is 13.2. The molecule has 0 aromatic rings. The molecule has 1 saturated heterocycles. The molecule has 1 rings (SSSR count). The third-order valence-electron chi connectivity index (χ3n) is 2.76. The van der Waals surface area contributed by atoms with E-state index in [0.717, 1.165) is 6.08 Å². The molecule has 0 aromatic heterocycles. The number of nitro groups is 1. The largest absolute Gasteiger partial charge is 0.444 e. The van der Waals surface area contributed by atoms with Crippen molar-refractivity contribution in [1.29, 1.82) is 0 Å². The standard InChI is InChI=1S/C14H21N3O4/c1-6-11(12(7-2)17(19)20)15-10-8-16(9-10)13(18)21-14(3,4)5/h6-7,10,15H,1-2,8-9H2,3-5H3/b12-11-. The van der Waals surface area contributed by atoms with Crippen LogP contribution in [-0.2, 0) is 4.74 Å². The van der Waals surface area contributed by atoms with Gasteiger partial charge in [0.25, 0.3) is 5.70 Å². The molecule has 7 nitrogen and oxygen atoms in total. The Bertz CT molecular complexity index is 485. The van der Waals surface area contributed by atoms with Crippen LogP contribution in [0, 0.1) is 10.1 Å². The highest BCUT2D eigenvalue weighted by molar-refractivity contribution is 5.69. The average molecular weight is 295 g/mol. The van der Waals surface area contributed by atoms with Gasteiger partial charge in [-0.05, 0) is 26.8 Å². The molecule has 0 aromatic carbocycles. The Balaban J connectivity index is 2.58. The number of hydrogen-bond acceptors (Lipinski definition) is 5. The van der Waals surface area contributed by atoms with E-state index in [0.29, 0.717) is 18.8 Å². The smallest absolute Gasteiger partial charge is 0.410 e. The van der Waals surface area contributed by atoms with Crippen molar-refractivity contribution in [1.82, 2.24) is 10.2 Å². The second-order valence-corrected chi connectivity index (χ2v) is 5.69. The zero-order chi connectivity index (χ0) is 16.2. The molecule has 0 unspecified atom stereocenters. The fourth-order valence-corrected chi connectivity index (χ4v) is 1.79. The van der Waals surface area contributed by atoms with Crippen molar-refractivity contribution >= 4 is 6.09 Å². The number of likely N-dealkylation sites (tertiary alicyclic amines) is 1. The third-order valence-corrected chi connectivity index (χ3v) is 2.76. The van der Waals surface area contributed by atoms with Crippen LogP contribution in [0.1, 0.15) is 20.8 Å². The lowest BCUT2D eigenvalue weighted by Crippen LogP contribution is -2.60. The van der Waals surface area contributed by atoms with Crippen LogP contribution in [0.4, 0.5) is 4.79 Å². The molecule has 0 spiro atoms. The monoisotopic (exact) mass is 295 g/mol. The number of nitrogens with one attached hydrogen (secondary N) is 1. The second-order valence-electron chi connectivity index (χ2n) is 5.69. The molecule has 1 N–H and O–H groups in total. The van der Waals surface area contributed by atoms with Gasteiger partial charge in [0.15, 0.2) is 0 Å². The van der Waals surface area contributed by atoms with Crippen LogP contribution in [-0.4, -0.2) is 40.6 Å². The van der Waals surface area contributed by atoms with Crippen molar-refractivity contribution < 1.29 is 14.5 Å². The Morgan fingerprint density at radius 2 is 1.95 bits per heavy atom. The molecule has 0 atom stereocenters. The number of hydrogen-bond donors (Lipinski definition) is 1. The molecule has 21 heavy (non-hydrogen) atoms. The minimum atomic E-state index is -0.538. The average Bonchev–Trinajstić information content (AvgIpc) is 2.28. The van der Waals surface area contributed by atoms with E-state index < -0.39 is 10.5 Å². The number of carbonyl (C=O) groups is 1. The maximum Gasteiger partial charge on any atom is 0.410 e. The maximum absolute atomic E-state index is 11.8. The van der Waals surface area contributed by atoms with Gasteiger partial charge in [0.05, 0.1) is 11.0 Å². The SMILES string of the molecule is C=C/C(NC1CN(C(=O)OC(C)(C)C)C1)=C(\C=C)[N+](=O)[O-]. The quantitative estimate of drug-likeness (QED) is 0.477. The first-order valence-electron chi connectivity index (χ1n) is 6.56.